The third-order valence-electron chi connectivity index (χ3n) is 6.00. The summed E-state index contributed by atoms with van der Waals surface area (Å²) in [6.07, 6.45) is 4.68. The fourth-order valence-electron chi connectivity index (χ4n) is 4.39. The van der Waals surface area contributed by atoms with Gasteiger partial charge in [0.05, 0.1) is 23.9 Å². The number of methoxy groups -OCH3 is 1. The number of nitrogens with zero attached hydrogens (tertiary/aromatic N) is 3. The summed E-state index contributed by atoms with van der Waals surface area (Å²) < 4.78 is 9.65. The van der Waals surface area contributed by atoms with Gasteiger partial charge in [0, 0.05) is 31.2 Å². The first-order valence-electron chi connectivity index (χ1n) is 11.2. The number of carbonyl (C=O) groups is 1. The molecule has 1 aromatic carbocycles. The van der Waals surface area contributed by atoms with Crippen LogP contribution in [0.1, 0.15) is 64.4 Å². The van der Waals surface area contributed by atoms with Gasteiger partial charge in [-0.2, -0.15) is 9.36 Å². The molecule has 1 aliphatic rings. The maximum absolute atomic E-state index is 11.3. The van der Waals surface area contributed by atoms with Crippen LogP contribution in [0.15, 0.2) is 18.2 Å². The first kappa shape index (κ1) is 24.7. The smallest absolute Gasteiger partial charge is 0.303 e. The van der Waals surface area contributed by atoms with E-state index >= 15 is 0 Å². The number of benzene rings is 1. The quantitative estimate of drug-likeness (QED) is 0.435. The Bertz CT molecular complexity index is 899. The van der Waals surface area contributed by atoms with Crippen molar-refractivity contribution in [2.45, 2.75) is 70.9 Å². The summed E-state index contributed by atoms with van der Waals surface area (Å²) in [5.74, 6) is -0.413. The van der Waals surface area contributed by atoms with Crippen LogP contribution >= 0.6 is 23.1 Å². The van der Waals surface area contributed by atoms with Crippen molar-refractivity contribution in [3.05, 3.63) is 29.0 Å². The third kappa shape index (κ3) is 6.56. The highest BCUT2D eigenvalue weighted by molar-refractivity contribution is 7.10. The lowest BCUT2D eigenvalue weighted by atomic mass is 9.90. The van der Waals surface area contributed by atoms with E-state index in [1.165, 1.54) is 11.5 Å². The fraction of sp³-hybridized carbons (Fsp3) is 0.609. The predicted octanol–water partition coefficient (Wildman–Crippen LogP) is 5.93. The van der Waals surface area contributed by atoms with Crippen LogP contribution in [0.3, 0.4) is 0 Å². The molecule has 1 fully saturated rings. The average molecular weight is 481 g/mol. The van der Waals surface area contributed by atoms with Gasteiger partial charge in [0.2, 0.25) is 10.4 Å². The second kappa shape index (κ2) is 11.3. The Balaban J connectivity index is 1.96. The van der Waals surface area contributed by atoms with E-state index in [-0.39, 0.29) is 17.6 Å². The largest absolute Gasteiger partial charge is 0.481 e. The van der Waals surface area contributed by atoms with E-state index in [2.05, 4.69) is 45.6 Å². The van der Waals surface area contributed by atoms with Crippen LogP contribution in [0.25, 0.3) is 0 Å². The first-order valence-corrected chi connectivity index (χ1v) is 12.3. The van der Waals surface area contributed by atoms with Crippen LogP contribution in [0.5, 0.6) is 0 Å². The van der Waals surface area contributed by atoms with Crippen molar-refractivity contribution in [1.82, 2.24) is 9.36 Å². The van der Waals surface area contributed by atoms with Gasteiger partial charge in [-0.15, -0.1) is 0 Å². The molecule has 9 heteroatoms. The number of carboxylic acid groups (broad SMARTS) is 1. The maximum Gasteiger partial charge on any atom is 0.303 e. The van der Waals surface area contributed by atoms with Crippen LogP contribution < -0.4 is 10.2 Å². The van der Waals surface area contributed by atoms with Gasteiger partial charge in [-0.05, 0) is 66.8 Å². The Hall–Kier alpha value is -1.90. The van der Waals surface area contributed by atoms with Crippen LogP contribution in [-0.4, -0.2) is 46.2 Å². The van der Waals surface area contributed by atoms with Gasteiger partial charge in [0.25, 0.3) is 0 Å². The molecule has 0 unspecified atom stereocenters. The molecule has 176 valence electrons. The molecule has 0 saturated heterocycles. The van der Waals surface area contributed by atoms with E-state index in [0.717, 1.165) is 49.2 Å². The summed E-state index contributed by atoms with van der Waals surface area (Å²) in [6.45, 7) is 7.33. The van der Waals surface area contributed by atoms with Crippen LogP contribution in [-0.2, 0) is 9.53 Å². The zero-order chi connectivity index (χ0) is 23.3. The maximum atomic E-state index is 11.3. The monoisotopic (exact) mass is 480 g/mol. The highest BCUT2D eigenvalue weighted by Crippen LogP contribution is 2.38. The minimum atomic E-state index is -0.802. The Kier molecular flexibility index (Phi) is 8.73. The van der Waals surface area contributed by atoms with Crippen molar-refractivity contribution >= 4 is 45.6 Å². The molecule has 0 aliphatic heterocycles. The molecule has 32 heavy (non-hydrogen) atoms. The molecular weight excluding hydrogens is 448 g/mol. The Morgan fingerprint density at radius 2 is 2.03 bits per heavy atom. The highest BCUT2D eigenvalue weighted by atomic mass is 35.5. The lowest BCUT2D eigenvalue weighted by Gasteiger charge is -2.40. The number of hydrogen-bond acceptors (Lipinski definition) is 7. The summed E-state index contributed by atoms with van der Waals surface area (Å²) in [5, 5.41) is 13.5. The molecule has 1 atom stereocenters. The molecule has 1 aliphatic carbocycles. The molecule has 0 spiro atoms. The number of hydrogen-bond donors (Lipinski definition) is 2. The summed E-state index contributed by atoms with van der Waals surface area (Å²) >= 11 is 7.16. The molecular formula is C23H33ClN4O3S. The molecule has 1 heterocycles. The minimum absolute atomic E-state index is 0.0835. The molecule has 1 saturated carbocycles. The third-order valence-corrected chi connectivity index (χ3v) is 6.90. The lowest BCUT2D eigenvalue weighted by Crippen LogP contribution is -2.41. The molecule has 0 amide bonds. The number of nitrogens with one attached hydrogen (secondary N) is 1. The molecule has 7 nitrogen and oxygen atoms in total. The van der Waals surface area contributed by atoms with Crippen molar-refractivity contribution < 1.29 is 14.6 Å². The summed E-state index contributed by atoms with van der Waals surface area (Å²) in [6, 6.07) is 6.63. The van der Waals surface area contributed by atoms with E-state index in [0.29, 0.717) is 23.2 Å². The van der Waals surface area contributed by atoms with Gasteiger partial charge in [0.15, 0.2) is 0 Å². The molecule has 2 aromatic rings. The minimum Gasteiger partial charge on any atom is -0.481 e. The fourth-order valence-corrected chi connectivity index (χ4v) is 5.12. The highest BCUT2D eigenvalue weighted by Gasteiger charge is 2.28. The van der Waals surface area contributed by atoms with Crippen LogP contribution in [0.4, 0.5) is 16.5 Å². The van der Waals surface area contributed by atoms with Crippen LogP contribution in [0.2, 0.25) is 5.28 Å². The Labute approximate surface area is 199 Å². The van der Waals surface area contributed by atoms with Crippen LogP contribution in [0, 0.1) is 5.92 Å². The zero-order valence-electron chi connectivity index (χ0n) is 19.2. The SMILES string of the molecule is CO[C@H]1CC[C@H](N(CC(C)C)c2ccc([C@H](C)CC(=O)O)cc2Nc2nc(Cl)ns2)CC1. The number of aromatic nitrogens is 2. The van der Waals surface area contributed by atoms with Crippen molar-refractivity contribution in [2.75, 3.05) is 23.9 Å². The Morgan fingerprint density at radius 3 is 2.59 bits per heavy atom. The summed E-state index contributed by atoms with van der Waals surface area (Å²) in [7, 11) is 1.79. The topological polar surface area (TPSA) is 87.6 Å². The van der Waals surface area contributed by atoms with Gasteiger partial charge in [-0.1, -0.05) is 26.8 Å². The zero-order valence-corrected chi connectivity index (χ0v) is 20.7. The standard InChI is InChI=1S/C23H33ClN4O3S/c1-14(2)13-28(17-6-8-18(31-4)9-7-17)20-10-5-16(15(3)11-21(29)30)12-19(20)25-23-26-22(24)27-32-23/h5,10,12,14-15,17-18H,6-9,11,13H2,1-4H3,(H,29,30)(H,25,26,27)/t15-,17-,18-/m1/s1. The van der Waals surface area contributed by atoms with Gasteiger partial charge >= 0.3 is 5.97 Å². The van der Waals surface area contributed by atoms with Gasteiger partial charge in [-0.3, -0.25) is 4.79 Å². The molecule has 0 bridgehead atoms. The number of anilines is 3. The molecule has 0 radical (unpaired) electrons. The van der Waals surface area contributed by atoms with Gasteiger partial charge in [0.1, 0.15) is 0 Å². The summed E-state index contributed by atoms with van der Waals surface area (Å²) in [5.41, 5.74) is 2.97. The van der Waals surface area contributed by atoms with E-state index in [4.69, 9.17) is 16.3 Å². The normalized spacial score (nSPS) is 19.7. The second-order valence-electron chi connectivity index (χ2n) is 8.98. The van der Waals surface area contributed by atoms with E-state index in [9.17, 15) is 9.90 Å². The van der Waals surface area contributed by atoms with E-state index < -0.39 is 5.97 Å². The van der Waals surface area contributed by atoms with Crippen molar-refractivity contribution in [1.29, 1.82) is 0 Å². The van der Waals surface area contributed by atoms with Crippen molar-refractivity contribution in [2.24, 2.45) is 5.92 Å². The predicted molar refractivity (Wildman–Crippen MR) is 131 cm³/mol. The van der Waals surface area contributed by atoms with E-state index in [1.807, 2.05) is 13.0 Å². The number of rotatable bonds is 10. The Morgan fingerprint density at radius 1 is 1.31 bits per heavy atom. The number of aliphatic carboxylic acids is 1. The number of ether oxygens (including phenoxy) is 1. The average Bonchev–Trinajstić information content (AvgIpc) is 3.16. The second-order valence-corrected chi connectivity index (χ2v) is 10.1. The molecule has 1 aromatic heterocycles. The molecule has 3 rings (SSSR count). The number of carboxylic acids is 1. The first-order chi connectivity index (χ1) is 15.3. The van der Waals surface area contributed by atoms with Crippen molar-refractivity contribution in [3.8, 4) is 0 Å². The number of halogens is 1. The van der Waals surface area contributed by atoms with Gasteiger partial charge in [-0.25, -0.2) is 0 Å². The van der Waals surface area contributed by atoms with Crippen molar-refractivity contribution in [3.63, 3.8) is 0 Å². The lowest BCUT2D eigenvalue weighted by molar-refractivity contribution is -0.137. The van der Waals surface area contributed by atoms with E-state index in [1.54, 1.807) is 7.11 Å². The summed E-state index contributed by atoms with van der Waals surface area (Å²) in [4.78, 5) is 18.0. The molecule has 2 N–H and O–H groups in total. The van der Waals surface area contributed by atoms with Gasteiger partial charge < -0.3 is 20.1 Å².